The third-order valence-corrected chi connectivity index (χ3v) is 3.04. The molecule has 0 aliphatic heterocycles. The zero-order valence-electron chi connectivity index (χ0n) is 9.93. The quantitative estimate of drug-likeness (QED) is 0.896. The highest BCUT2D eigenvalue weighted by Crippen LogP contribution is 2.23. The third kappa shape index (κ3) is 3.85. The molecule has 1 aromatic carbocycles. The summed E-state index contributed by atoms with van der Waals surface area (Å²) >= 11 is 3.37. The second-order valence-electron chi connectivity index (χ2n) is 4.10. The molecule has 16 heavy (non-hydrogen) atoms. The van der Waals surface area contributed by atoms with Crippen LogP contribution in [0.15, 0.2) is 22.7 Å². The molecular formula is C12H18BrFN2. The number of nitrogens with one attached hydrogen (secondary N) is 1. The Balaban J connectivity index is 2.81. The van der Waals surface area contributed by atoms with Gasteiger partial charge in [-0.2, -0.15) is 0 Å². The highest BCUT2D eigenvalue weighted by molar-refractivity contribution is 9.10. The summed E-state index contributed by atoms with van der Waals surface area (Å²) in [6, 6.07) is 5.11. The number of hydrogen-bond donors (Lipinski definition) is 1. The van der Waals surface area contributed by atoms with Crippen molar-refractivity contribution in [2.45, 2.75) is 12.5 Å². The van der Waals surface area contributed by atoms with Gasteiger partial charge in [0.05, 0.1) is 0 Å². The maximum absolute atomic E-state index is 13.7. The van der Waals surface area contributed by atoms with Crippen LogP contribution in [0.4, 0.5) is 4.39 Å². The van der Waals surface area contributed by atoms with Crippen LogP contribution >= 0.6 is 15.9 Å². The maximum Gasteiger partial charge on any atom is 0.128 e. The van der Waals surface area contributed by atoms with Crippen molar-refractivity contribution in [1.29, 1.82) is 0 Å². The molecule has 0 radical (unpaired) electrons. The number of rotatable bonds is 5. The highest BCUT2D eigenvalue weighted by atomic mass is 79.9. The number of nitrogens with zero attached hydrogens (tertiary/aromatic N) is 1. The molecule has 0 saturated heterocycles. The molecule has 4 heteroatoms. The van der Waals surface area contributed by atoms with Crippen LogP contribution in [0.5, 0.6) is 0 Å². The molecule has 0 saturated carbocycles. The number of benzene rings is 1. The first-order valence-electron chi connectivity index (χ1n) is 5.31. The van der Waals surface area contributed by atoms with Gasteiger partial charge in [0.25, 0.3) is 0 Å². The Morgan fingerprint density at radius 3 is 2.69 bits per heavy atom. The van der Waals surface area contributed by atoms with Gasteiger partial charge in [-0.25, -0.2) is 4.39 Å². The Bertz CT molecular complexity index is 342. The molecule has 1 unspecified atom stereocenters. The molecule has 1 atom stereocenters. The standard InChI is InChI=1S/C12H18BrFN2/c1-15-12(6-7-16(2)3)10-8-9(13)4-5-11(10)14/h4-5,8,12,15H,6-7H2,1-3H3. The Kier molecular flexibility index (Phi) is 5.38. The topological polar surface area (TPSA) is 15.3 Å². The molecular weight excluding hydrogens is 271 g/mol. The normalized spacial score (nSPS) is 13.1. The molecule has 0 heterocycles. The van der Waals surface area contributed by atoms with Crippen molar-refractivity contribution in [1.82, 2.24) is 10.2 Å². The van der Waals surface area contributed by atoms with E-state index in [1.165, 1.54) is 6.07 Å². The van der Waals surface area contributed by atoms with Crippen LogP contribution in [0.2, 0.25) is 0 Å². The average molecular weight is 289 g/mol. The lowest BCUT2D eigenvalue weighted by molar-refractivity contribution is 0.364. The second kappa shape index (κ2) is 6.33. The first-order valence-corrected chi connectivity index (χ1v) is 6.11. The molecule has 0 fully saturated rings. The van der Waals surface area contributed by atoms with E-state index in [1.54, 1.807) is 6.07 Å². The van der Waals surface area contributed by atoms with Gasteiger partial charge < -0.3 is 10.2 Å². The van der Waals surface area contributed by atoms with Crippen molar-refractivity contribution in [2.75, 3.05) is 27.7 Å². The Morgan fingerprint density at radius 1 is 1.44 bits per heavy atom. The van der Waals surface area contributed by atoms with E-state index in [0.29, 0.717) is 0 Å². The van der Waals surface area contributed by atoms with E-state index in [2.05, 4.69) is 26.1 Å². The van der Waals surface area contributed by atoms with Crippen molar-refractivity contribution in [2.24, 2.45) is 0 Å². The van der Waals surface area contributed by atoms with Crippen molar-refractivity contribution in [3.63, 3.8) is 0 Å². The molecule has 1 N–H and O–H groups in total. The minimum Gasteiger partial charge on any atom is -0.313 e. The zero-order chi connectivity index (χ0) is 12.1. The van der Waals surface area contributed by atoms with Gasteiger partial charge in [0.2, 0.25) is 0 Å². The largest absolute Gasteiger partial charge is 0.313 e. The van der Waals surface area contributed by atoms with Gasteiger partial charge in [-0.3, -0.25) is 0 Å². The summed E-state index contributed by atoms with van der Waals surface area (Å²) in [4.78, 5) is 2.10. The lowest BCUT2D eigenvalue weighted by Gasteiger charge is -2.19. The lowest BCUT2D eigenvalue weighted by Crippen LogP contribution is -2.23. The molecule has 0 aromatic heterocycles. The molecule has 0 bridgehead atoms. The van der Waals surface area contributed by atoms with Gasteiger partial charge in [0.15, 0.2) is 0 Å². The van der Waals surface area contributed by atoms with Crippen LogP contribution in [0.1, 0.15) is 18.0 Å². The summed E-state index contributed by atoms with van der Waals surface area (Å²) in [5.74, 6) is -0.152. The van der Waals surface area contributed by atoms with Crippen LogP contribution < -0.4 is 5.32 Å². The lowest BCUT2D eigenvalue weighted by atomic mass is 10.0. The van der Waals surface area contributed by atoms with E-state index >= 15 is 0 Å². The monoisotopic (exact) mass is 288 g/mol. The van der Waals surface area contributed by atoms with Crippen LogP contribution in [0, 0.1) is 5.82 Å². The van der Waals surface area contributed by atoms with Crippen molar-refractivity contribution >= 4 is 15.9 Å². The molecule has 0 aliphatic carbocycles. The van der Waals surface area contributed by atoms with Crippen molar-refractivity contribution < 1.29 is 4.39 Å². The number of halogens is 2. The van der Waals surface area contributed by atoms with E-state index in [0.717, 1.165) is 23.0 Å². The molecule has 0 amide bonds. The van der Waals surface area contributed by atoms with Gasteiger partial charge in [-0.05, 0) is 52.3 Å². The fourth-order valence-electron chi connectivity index (χ4n) is 1.62. The summed E-state index contributed by atoms with van der Waals surface area (Å²) < 4.78 is 14.6. The predicted molar refractivity (Wildman–Crippen MR) is 69.1 cm³/mol. The van der Waals surface area contributed by atoms with Crippen LogP contribution in [0.25, 0.3) is 0 Å². The summed E-state index contributed by atoms with van der Waals surface area (Å²) in [6.07, 6.45) is 0.886. The fraction of sp³-hybridized carbons (Fsp3) is 0.500. The highest BCUT2D eigenvalue weighted by Gasteiger charge is 2.14. The Labute approximate surface area is 105 Å². The average Bonchev–Trinajstić information content (AvgIpc) is 2.23. The van der Waals surface area contributed by atoms with Crippen molar-refractivity contribution in [3.8, 4) is 0 Å². The maximum atomic E-state index is 13.7. The van der Waals surface area contributed by atoms with Gasteiger partial charge in [0, 0.05) is 16.1 Å². The molecule has 1 aromatic rings. The summed E-state index contributed by atoms with van der Waals surface area (Å²) in [5.41, 5.74) is 0.721. The van der Waals surface area contributed by atoms with Gasteiger partial charge in [-0.1, -0.05) is 15.9 Å². The molecule has 2 nitrogen and oxygen atoms in total. The zero-order valence-corrected chi connectivity index (χ0v) is 11.5. The minimum atomic E-state index is -0.152. The first kappa shape index (κ1) is 13.6. The van der Waals surface area contributed by atoms with Crippen LogP contribution in [-0.4, -0.2) is 32.6 Å². The van der Waals surface area contributed by atoms with E-state index < -0.39 is 0 Å². The Hall–Kier alpha value is -0.450. The predicted octanol–water partition coefficient (Wildman–Crippen LogP) is 2.80. The van der Waals surface area contributed by atoms with Gasteiger partial charge in [-0.15, -0.1) is 0 Å². The summed E-state index contributed by atoms with van der Waals surface area (Å²) in [5, 5.41) is 3.15. The smallest absolute Gasteiger partial charge is 0.128 e. The van der Waals surface area contributed by atoms with Gasteiger partial charge >= 0.3 is 0 Å². The SMILES string of the molecule is CNC(CCN(C)C)c1cc(Br)ccc1F. The molecule has 1 rings (SSSR count). The van der Waals surface area contributed by atoms with Crippen molar-refractivity contribution in [3.05, 3.63) is 34.1 Å². The minimum absolute atomic E-state index is 0.0555. The first-order chi connectivity index (χ1) is 7.54. The fourth-order valence-corrected chi connectivity index (χ4v) is 2.00. The summed E-state index contributed by atoms with van der Waals surface area (Å²) in [7, 11) is 5.90. The van der Waals surface area contributed by atoms with E-state index in [9.17, 15) is 4.39 Å². The van der Waals surface area contributed by atoms with E-state index in [4.69, 9.17) is 0 Å². The van der Waals surface area contributed by atoms with E-state index in [-0.39, 0.29) is 11.9 Å². The third-order valence-electron chi connectivity index (χ3n) is 2.55. The molecule has 90 valence electrons. The van der Waals surface area contributed by atoms with Gasteiger partial charge in [0.1, 0.15) is 5.82 Å². The van der Waals surface area contributed by atoms with Crippen LogP contribution in [0.3, 0.4) is 0 Å². The second-order valence-corrected chi connectivity index (χ2v) is 5.01. The van der Waals surface area contributed by atoms with E-state index in [1.807, 2.05) is 27.2 Å². The van der Waals surface area contributed by atoms with Crippen LogP contribution in [-0.2, 0) is 0 Å². The number of hydrogen-bond acceptors (Lipinski definition) is 2. The Morgan fingerprint density at radius 2 is 2.12 bits per heavy atom. The molecule has 0 spiro atoms. The molecule has 0 aliphatic rings. The summed E-state index contributed by atoms with van der Waals surface area (Å²) in [6.45, 7) is 0.928.